The van der Waals surface area contributed by atoms with E-state index in [4.69, 9.17) is 5.26 Å². The predicted molar refractivity (Wildman–Crippen MR) is 105 cm³/mol. The summed E-state index contributed by atoms with van der Waals surface area (Å²) in [4.78, 5) is 27.1. The van der Waals surface area contributed by atoms with E-state index in [1.54, 1.807) is 36.2 Å². The van der Waals surface area contributed by atoms with Crippen LogP contribution in [0.25, 0.3) is 0 Å². The van der Waals surface area contributed by atoms with Gasteiger partial charge in [0.15, 0.2) is 0 Å². The zero-order valence-corrected chi connectivity index (χ0v) is 16.2. The number of amides is 2. The van der Waals surface area contributed by atoms with Crippen molar-refractivity contribution in [2.75, 3.05) is 7.05 Å². The lowest BCUT2D eigenvalue weighted by Crippen LogP contribution is -2.50. The first-order valence-corrected chi connectivity index (χ1v) is 8.93. The highest BCUT2D eigenvalue weighted by Gasteiger charge is 2.27. The van der Waals surface area contributed by atoms with Gasteiger partial charge in [-0.1, -0.05) is 43.7 Å². The highest BCUT2D eigenvalue weighted by atomic mass is 16.2. The summed E-state index contributed by atoms with van der Waals surface area (Å²) in [6.07, 6.45) is 0. The average molecular weight is 363 g/mol. The van der Waals surface area contributed by atoms with Crippen LogP contribution in [0.2, 0.25) is 0 Å². The van der Waals surface area contributed by atoms with Crippen LogP contribution in [0.1, 0.15) is 40.9 Å². The molecule has 0 heterocycles. The van der Waals surface area contributed by atoms with Gasteiger partial charge in [-0.05, 0) is 42.7 Å². The summed E-state index contributed by atoms with van der Waals surface area (Å²) in [5, 5.41) is 11.7. The molecule has 0 saturated carbocycles. The van der Waals surface area contributed by atoms with Crippen molar-refractivity contribution in [2.24, 2.45) is 5.92 Å². The summed E-state index contributed by atoms with van der Waals surface area (Å²) < 4.78 is 0. The van der Waals surface area contributed by atoms with Gasteiger partial charge in [0.25, 0.3) is 5.91 Å². The maximum absolute atomic E-state index is 12.9. The van der Waals surface area contributed by atoms with E-state index in [1.165, 1.54) is 0 Å². The molecule has 1 atom stereocenters. The fourth-order valence-corrected chi connectivity index (χ4v) is 2.80. The van der Waals surface area contributed by atoms with E-state index in [1.807, 2.05) is 45.0 Å². The van der Waals surface area contributed by atoms with Gasteiger partial charge in [0.1, 0.15) is 6.04 Å². The number of likely N-dealkylation sites (N-methyl/N-ethyl adjacent to an activating group) is 1. The van der Waals surface area contributed by atoms with Crippen LogP contribution in [0.4, 0.5) is 0 Å². The quantitative estimate of drug-likeness (QED) is 0.856. The molecule has 2 aromatic carbocycles. The van der Waals surface area contributed by atoms with E-state index in [2.05, 4.69) is 11.4 Å². The minimum atomic E-state index is -0.610. The number of hydrogen-bond acceptors (Lipinski definition) is 3. The van der Waals surface area contributed by atoms with Crippen LogP contribution in [0, 0.1) is 24.2 Å². The fraction of sp³-hybridized carbons (Fsp3) is 0.318. The summed E-state index contributed by atoms with van der Waals surface area (Å²) >= 11 is 0. The highest BCUT2D eigenvalue weighted by Crippen LogP contribution is 2.12. The summed E-state index contributed by atoms with van der Waals surface area (Å²) in [5.74, 6) is -0.442. The molecule has 0 fully saturated rings. The van der Waals surface area contributed by atoms with Crippen LogP contribution in [-0.2, 0) is 11.3 Å². The molecule has 2 aromatic rings. The Balaban J connectivity index is 2.08. The molecule has 0 radical (unpaired) electrons. The molecule has 0 saturated heterocycles. The molecule has 0 aliphatic heterocycles. The molecular weight excluding hydrogens is 338 g/mol. The number of nitriles is 1. The van der Waals surface area contributed by atoms with Gasteiger partial charge in [-0.3, -0.25) is 9.59 Å². The second kappa shape index (κ2) is 9.00. The highest BCUT2D eigenvalue weighted by molar-refractivity contribution is 5.97. The van der Waals surface area contributed by atoms with Crippen LogP contribution < -0.4 is 5.32 Å². The first-order chi connectivity index (χ1) is 12.8. The lowest BCUT2D eigenvalue weighted by Gasteiger charge is -2.27. The molecule has 1 N–H and O–H groups in total. The SMILES string of the molecule is Cc1cccc(C(=O)NC(C(=O)N(C)Cc2ccc(C#N)cc2)C(C)C)c1. The fourth-order valence-electron chi connectivity index (χ4n) is 2.80. The predicted octanol–water partition coefficient (Wildman–Crippen LogP) is 3.28. The lowest BCUT2D eigenvalue weighted by atomic mass is 10.0. The molecule has 1 unspecified atom stereocenters. The average Bonchev–Trinajstić information content (AvgIpc) is 2.65. The van der Waals surface area contributed by atoms with Crippen molar-refractivity contribution in [3.8, 4) is 6.07 Å². The van der Waals surface area contributed by atoms with Crippen molar-refractivity contribution in [3.63, 3.8) is 0 Å². The largest absolute Gasteiger partial charge is 0.340 e. The van der Waals surface area contributed by atoms with Crippen molar-refractivity contribution >= 4 is 11.8 Å². The first-order valence-electron chi connectivity index (χ1n) is 8.93. The van der Waals surface area contributed by atoms with E-state index < -0.39 is 6.04 Å². The monoisotopic (exact) mass is 363 g/mol. The van der Waals surface area contributed by atoms with E-state index in [-0.39, 0.29) is 17.7 Å². The number of carbonyl (C=O) groups excluding carboxylic acids is 2. The van der Waals surface area contributed by atoms with E-state index >= 15 is 0 Å². The number of rotatable bonds is 6. The van der Waals surface area contributed by atoms with Gasteiger partial charge >= 0.3 is 0 Å². The second-order valence-electron chi connectivity index (χ2n) is 7.07. The van der Waals surface area contributed by atoms with Crippen LogP contribution in [-0.4, -0.2) is 29.8 Å². The molecule has 5 nitrogen and oxygen atoms in total. The van der Waals surface area contributed by atoms with Gasteiger partial charge < -0.3 is 10.2 Å². The number of nitrogens with zero attached hydrogens (tertiary/aromatic N) is 2. The minimum absolute atomic E-state index is 0.0466. The van der Waals surface area contributed by atoms with E-state index in [0.717, 1.165) is 11.1 Å². The molecule has 0 aromatic heterocycles. The van der Waals surface area contributed by atoms with E-state index in [0.29, 0.717) is 17.7 Å². The Hall–Kier alpha value is -3.13. The molecule has 0 spiro atoms. The van der Waals surface area contributed by atoms with Crippen LogP contribution in [0.5, 0.6) is 0 Å². The number of benzene rings is 2. The van der Waals surface area contributed by atoms with Gasteiger partial charge in [-0.25, -0.2) is 0 Å². The normalized spacial score (nSPS) is 11.6. The molecule has 27 heavy (non-hydrogen) atoms. The first kappa shape index (κ1) is 20.2. The maximum atomic E-state index is 12.9. The molecule has 0 aliphatic carbocycles. The molecule has 140 valence electrons. The smallest absolute Gasteiger partial charge is 0.251 e. The molecular formula is C22H25N3O2. The number of nitrogens with one attached hydrogen (secondary N) is 1. The Bertz CT molecular complexity index is 851. The van der Waals surface area contributed by atoms with Crippen molar-refractivity contribution in [1.82, 2.24) is 10.2 Å². The van der Waals surface area contributed by atoms with Crippen molar-refractivity contribution in [2.45, 2.75) is 33.4 Å². The Morgan fingerprint density at radius 3 is 2.37 bits per heavy atom. The van der Waals surface area contributed by atoms with Crippen LogP contribution in [0.15, 0.2) is 48.5 Å². The van der Waals surface area contributed by atoms with E-state index in [9.17, 15) is 9.59 Å². The van der Waals surface area contributed by atoms with Crippen molar-refractivity contribution in [1.29, 1.82) is 5.26 Å². The zero-order chi connectivity index (χ0) is 20.0. The molecule has 0 aliphatic rings. The second-order valence-corrected chi connectivity index (χ2v) is 7.07. The standard InChI is InChI=1S/C22H25N3O2/c1-15(2)20(24-21(26)19-7-5-6-16(3)12-19)22(27)25(4)14-18-10-8-17(13-23)9-11-18/h5-12,15,20H,14H2,1-4H3,(H,24,26). The lowest BCUT2D eigenvalue weighted by molar-refractivity contribution is -0.133. The number of carbonyl (C=O) groups is 2. The zero-order valence-electron chi connectivity index (χ0n) is 16.2. The third-order valence-electron chi connectivity index (χ3n) is 4.38. The maximum Gasteiger partial charge on any atom is 0.251 e. The number of hydrogen-bond donors (Lipinski definition) is 1. The van der Waals surface area contributed by atoms with Gasteiger partial charge in [0.2, 0.25) is 5.91 Å². The van der Waals surface area contributed by atoms with Crippen LogP contribution >= 0.6 is 0 Å². The molecule has 5 heteroatoms. The third-order valence-corrected chi connectivity index (χ3v) is 4.38. The van der Waals surface area contributed by atoms with Gasteiger partial charge in [-0.15, -0.1) is 0 Å². The molecule has 0 bridgehead atoms. The summed E-state index contributed by atoms with van der Waals surface area (Å²) in [7, 11) is 1.72. The van der Waals surface area contributed by atoms with Gasteiger partial charge in [-0.2, -0.15) is 5.26 Å². The third kappa shape index (κ3) is 5.42. The Labute approximate surface area is 160 Å². The van der Waals surface area contributed by atoms with Gasteiger partial charge in [0.05, 0.1) is 11.6 Å². The summed E-state index contributed by atoms with van der Waals surface area (Å²) in [6, 6.07) is 15.9. The minimum Gasteiger partial charge on any atom is -0.340 e. The molecule has 2 amide bonds. The molecule has 2 rings (SSSR count). The Kier molecular flexibility index (Phi) is 6.73. The van der Waals surface area contributed by atoms with Gasteiger partial charge in [0, 0.05) is 19.2 Å². The van der Waals surface area contributed by atoms with Crippen molar-refractivity contribution < 1.29 is 9.59 Å². The summed E-state index contributed by atoms with van der Waals surface area (Å²) in [5.41, 5.74) is 3.05. The van der Waals surface area contributed by atoms with Crippen molar-refractivity contribution in [3.05, 3.63) is 70.8 Å². The van der Waals surface area contributed by atoms with Crippen LogP contribution in [0.3, 0.4) is 0 Å². The number of aryl methyl sites for hydroxylation is 1. The topological polar surface area (TPSA) is 73.2 Å². The Morgan fingerprint density at radius 2 is 1.81 bits per heavy atom. The Morgan fingerprint density at radius 1 is 1.15 bits per heavy atom. The summed E-state index contributed by atoms with van der Waals surface area (Å²) in [6.45, 7) is 6.16.